The van der Waals surface area contributed by atoms with Gasteiger partial charge in [0, 0.05) is 50.8 Å². The van der Waals surface area contributed by atoms with Gasteiger partial charge in [0.2, 0.25) is 0 Å². The molecule has 0 aliphatic carbocycles. The van der Waals surface area contributed by atoms with Crippen molar-refractivity contribution in [2.45, 2.75) is 26.6 Å². The predicted octanol–water partition coefficient (Wildman–Crippen LogP) is 1.53. The second-order valence-electron chi connectivity index (χ2n) is 3.99. The lowest BCUT2D eigenvalue weighted by Gasteiger charge is -2.00. The second kappa shape index (κ2) is 4.99. The lowest BCUT2D eigenvalue weighted by atomic mass is 10.3. The lowest BCUT2D eigenvalue weighted by Crippen LogP contribution is -2.11. The van der Waals surface area contributed by atoms with Gasteiger partial charge in [0.1, 0.15) is 0 Å². The van der Waals surface area contributed by atoms with Crippen LogP contribution in [0.3, 0.4) is 0 Å². The lowest BCUT2D eigenvalue weighted by molar-refractivity contribution is 0.655. The maximum atomic E-state index is 4.24. The number of hydrogen-bond acceptors (Lipinski definition) is 2. The molecule has 1 N–H and O–H groups in total. The Morgan fingerprint density at radius 3 is 2.69 bits per heavy atom. The average molecular weight is 218 g/mol. The Bertz CT molecular complexity index is 441. The number of hydrogen-bond donors (Lipinski definition) is 1. The molecule has 16 heavy (non-hydrogen) atoms. The van der Waals surface area contributed by atoms with Gasteiger partial charge in [-0.1, -0.05) is 0 Å². The minimum Gasteiger partial charge on any atom is -0.357 e. The van der Waals surface area contributed by atoms with Crippen LogP contribution in [-0.2, 0) is 26.7 Å². The summed E-state index contributed by atoms with van der Waals surface area (Å²) in [5.74, 6) is 0. The van der Waals surface area contributed by atoms with E-state index in [1.165, 1.54) is 11.1 Å². The van der Waals surface area contributed by atoms with E-state index in [0.717, 1.165) is 19.6 Å². The topological polar surface area (TPSA) is 34.8 Å². The fourth-order valence-corrected chi connectivity index (χ4v) is 1.69. The fourth-order valence-electron chi connectivity index (χ4n) is 1.69. The van der Waals surface area contributed by atoms with Crippen LogP contribution in [0, 0.1) is 0 Å². The minimum atomic E-state index is 0.870. The number of aryl methyl sites for hydroxylation is 2. The summed E-state index contributed by atoms with van der Waals surface area (Å²) >= 11 is 0. The van der Waals surface area contributed by atoms with Crippen molar-refractivity contribution in [1.82, 2.24) is 19.7 Å². The Hall–Kier alpha value is -1.55. The van der Waals surface area contributed by atoms with Gasteiger partial charge in [-0.2, -0.15) is 5.10 Å². The molecule has 2 aromatic heterocycles. The van der Waals surface area contributed by atoms with E-state index < -0.39 is 0 Å². The molecule has 2 aromatic rings. The van der Waals surface area contributed by atoms with Gasteiger partial charge < -0.3 is 9.88 Å². The summed E-state index contributed by atoms with van der Waals surface area (Å²) in [4.78, 5) is 0. The highest BCUT2D eigenvalue weighted by Crippen LogP contribution is 2.01. The van der Waals surface area contributed by atoms with Gasteiger partial charge in [0.25, 0.3) is 0 Å². The summed E-state index contributed by atoms with van der Waals surface area (Å²) in [6.45, 7) is 4.79. The third kappa shape index (κ3) is 2.73. The normalized spacial score (nSPS) is 10.9. The number of nitrogens with zero attached hydrogens (tertiary/aromatic N) is 3. The maximum absolute atomic E-state index is 4.24. The summed E-state index contributed by atoms with van der Waals surface area (Å²) in [5.41, 5.74) is 2.54. The van der Waals surface area contributed by atoms with E-state index in [2.05, 4.69) is 46.6 Å². The number of aromatic nitrogens is 3. The molecule has 0 aliphatic heterocycles. The Kier molecular flexibility index (Phi) is 3.41. The molecule has 0 fully saturated rings. The third-order valence-corrected chi connectivity index (χ3v) is 2.56. The largest absolute Gasteiger partial charge is 0.357 e. The zero-order valence-electron chi connectivity index (χ0n) is 9.85. The molecule has 4 heteroatoms. The first kappa shape index (κ1) is 11.0. The van der Waals surface area contributed by atoms with Crippen LogP contribution in [0.1, 0.15) is 18.1 Å². The van der Waals surface area contributed by atoms with E-state index in [4.69, 9.17) is 0 Å². The van der Waals surface area contributed by atoms with Crippen LogP contribution in [-0.4, -0.2) is 14.3 Å². The van der Waals surface area contributed by atoms with E-state index in [9.17, 15) is 0 Å². The Morgan fingerprint density at radius 1 is 1.25 bits per heavy atom. The zero-order valence-corrected chi connectivity index (χ0v) is 9.85. The molecular formula is C12H18N4. The molecule has 0 atom stereocenters. The molecular weight excluding hydrogens is 200 g/mol. The van der Waals surface area contributed by atoms with Crippen molar-refractivity contribution in [3.05, 3.63) is 42.0 Å². The van der Waals surface area contributed by atoms with Crippen LogP contribution >= 0.6 is 0 Å². The van der Waals surface area contributed by atoms with Crippen molar-refractivity contribution in [3.63, 3.8) is 0 Å². The van der Waals surface area contributed by atoms with Crippen LogP contribution in [0.2, 0.25) is 0 Å². The van der Waals surface area contributed by atoms with Crippen LogP contribution in [0.4, 0.5) is 0 Å². The molecule has 0 radical (unpaired) electrons. The molecule has 86 valence electrons. The molecule has 2 heterocycles. The quantitative estimate of drug-likeness (QED) is 0.826. The van der Waals surface area contributed by atoms with Gasteiger partial charge in [-0.25, -0.2) is 0 Å². The summed E-state index contributed by atoms with van der Waals surface area (Å²) < 4.78 is 4.01. The molecule has 2 rings (SSSR count). The number of rotatable bonds is 5. The summed E-state index contributed by atoms with van der Waals surface area (Å²) in [6.07, 6.45) is 8.19. The Labute approximate surface area is 95.9 Å². The van der Waals surface area contributed by atoms with E-state index >= 15 is 0 Å². The Morgan fingerprint density at radius 2 is 2.06 bits per heavy atom. The third-order valence-electron chi connectivity index (χ3n) is 2.56. The van der Waals surface area contributed by atoms with Crippen molar-refractivity contribution in [3.8, 4) is 0 Å². The molecule has 0 amide bonds. The first-order valence-corrected chi connectivity index (χ1v) is 5.61. The van der Waals surface area contributed by atoms with Gasteiger partial charge in [-0.05, 0) is 18.6 Å². The van der Waals surface area contributed by atoms with Crippen molar-refractivity contribution in [1.29, 1.82) is 0 Å². The van der Waals surface area contributed by atoms with Crippen molar-refractivity contribution in [2.75, 3.05) is 0 Å². The van der Waals surface area contributed by atoms with E-state index in [1.807, 2.05) is 17.9 Å². The molecule has 0 spiro atoms. The highest BCUT2D eigenvalue weighted by molar-refractivity contribution is 5.10. The average Bonchev–Trinajstić information content (AvgIpc) is 2.88. The van der Waals surface area contributed by atoms with Crippen LogP contribution in [0.15, 0.2) is 30.9 Å². The molecule has 0 saturated heterocycles. The molecule has 4 nitrogen and oxygen atoms in total. The van der Waals surface area contributed by atoms with Crippen molar-refractivity contribution in [2.24, 2.45) is 7.05 Å². The van der Waals surface area contributed by atoms with Gasteiger partial charge in [0.05, 0.1) is 6.20 Å². The summed E-state index contributed by atoms with van der Waals surface area (Å²) in [7, 11) is 2.04. The molecule has 0 saturated carbocycles. The molecule has 0 aromatic carbocycles. The number of nitrogens with one attached hydrogen (secondary N) is 1. The minimum absolute atomic E-state index is 0.870. The smallest absolute Gasteiger partial charge is 0.0534 e. The summed E-state index contributed by atoms with van der Waals surface area (Å²) in [5, 5.41) is 7.64. The van der Waals surface area contributed by atoms with Gasteiger partial charge in [-0.3, -0.25) is 4.68 Å². The maximum Gasteiger partial charge on any atom is 0.0534 e. The molecule has 0 bridgehead atoms. The standard InChI is InChI=1S/C12H18N4/c1-3-16-10-12(8-14-16)7-13-6-11-4-5-15(2)9-11/h4-5,8-10,13H,3,6-7H2,1-2H3. The van der Waals surface area contributed by atoms with E-state index in [0.29, 0.717) is 0 Å². The first-order valence-electron chi connectivity index (χ1n) is 5.61. The van der Waals surface area contributed by atoms with E-state index in [-0.39, 0.29) is 0 Å². The van der Waals surface area contributed by atoms with Crippen LogP contribution < -0.4 is 5.32 Å². The summed E-state index contributed by atoms with van der Waals surface area (Å²) in [6, 6.07) is 2.13. The van der Waals surface area contributed by atoms with Crippen molar-refractivity contribution < 1.29 is 0 Å². The molecule has 0 aliphatic rings. The van der Waals surface area contributed by atoms with Crippen molar-refractivity contribution >= 4 is 0 Å². The zero-order chi connectivity index (χ0) is 11.4. The van der Waals surface area contributed by atoms with Gasteiger partial charge in [0.15, 0.2) is 0 Å². The highest BCUT2D eigenvalue weighted by atomic mass is 15.3. The molecule has 0 unspecified atom stereocenters. The fraction of sp³-hybridized carbons (Fsp3) is 0.417. The monoisotopic (exact) mass is 218 g/mol. The SMILES string of the molecule is CCn1cc(CNCc2ccn(C)c2)cn1. The Balaban J connectivity index is 1.79. The van der Waals surface area contributed by atoms with Gasteiger partial charge >= 0.3 is 0 Å². The van der Waals surface area contributed by atoms with E-state index in [1.54, 1.807) is 0 Å². The highest BCUT2D eigenvalue weighted by Gasteiger charge is 1.98. The van der Waals surface area contributed by atoms with Gasteiger partial charge in [-0.15, -0.1) is 0 Å². The van der Waals surface area contributed by atoms with Crippen LogP contribution in [0.25, 0.3) is 0 Å². The van der Waals surface area contributed by atoms with Crippen LogP contribution in [0.5, 0.6) is 0 Å². The predicted molar refractivity (Wildman–Crippen MR) is 63.9 cm³/mol. The second-order valence-corrected chi connectivity index (χ2v) is 3.99. The first-order chi connectivity index (χ1) is 7.78.